The highest BCUT2D eigenvalue weighted by atomic mass is 19.1. The molecule has 26 heavy (non-hydrogen) atoms. The molecule has 1 aliphatic heterocycles. The van der Waals surface area contributed by atoms with Crippen LogP contribution >= 0.6 is 0 Å². The van der Waals surface area contributed by atoms with Crippen LogP contribution in [-0.4, -0.2) is 17.7 Å². The third kappa shape index (κ3) is 3.74. The first-order valence-corrected chi connectivity index (χ1v) is 7.87. The molecule has 3 N–H and O–H groups in total. The Balaban J connectivity index is 1.77. The van der Waals surface area contributed by atoms with Crippen molar-refractivity contribution in [1.29, 1.82) is 0 Å². The van der Waals surface area contributed by atoms with Gasteiger partial charge in [0.25, 0.3) is 0 Å². The predicted molar refractivity (Wildman–Crippen MR) is 91.9 cm³/mol. The van der Waals surface area contributed by atoms with E-state index in [1.807, 2.05) is 0 Å². The Morgan fingerprint density at radius 2 is 1.81 bits per heavy atom. The van der Waals surface area contributed by atoms with Crippen molar-refractivity contribution in [3.63, 3.8) is 0 Å². The number of rotatable bonds is 3. The van der Waals surface area contributed by atoms with Crippen LogP contribution in [0.3, 0.4) is 0 Å². The van der Waals surface area contributed by atoms with Gasteiger partial charge in [0.05, 0.1) is 6.04 Å². The zero-order chi connectivity index (χ0) is 18.9. The van der Waals surface area contributed by atoms with Gasteiger partial charge in [-0.1, -0.05) is 6.07 Å². The van der Waals surface area contributed by atoms with Crippen molar-refractivity contribution in [1.82, 2.24) is 5.32 Å². The fraction of sp³-hybridized carbons (Fsp3) is 0.222. The maximum atomic E-state index is 14.2. The van der Waals surface area contributed by atoms with Crippen LogP contribution in [0.5, 0.6) is 0 Å². The molecule has 0 spiro atoms. The van der Waals surface area contributed by atoms with Crippen molar-refractivity contribution in [2.24, 2.45) is 0 Å². The Morgan fingerprint density at radius 3 is 2.42 bits per heavy atom. The summed E-state index contributed by atoms with van der Waals surface area (Å²) in [5.41, 5.74) is -0.167. The first kappa shape index (κ1) is 17.7. The van der Waals surface area contributed by atoms with Gasteiger partial charge in [-0.25, -0.2) is 18.4 Å². The van der Waals surface area contributed by atoms with Crippen LogP contribution in [0.25, 0.3) is 0 Å². The van der Waals surface area contributed by atoms with E-state index >= 15 is 0 Å². The van der Waals surface area contributed by atoms with Crippen molar-refractivity contribution < 1.29 is 23.1 Å². The van der Waals surface area contributed by atoms with Gasteiger partial charge in [-0.2, -0.15) is 0 Å². The van der Waals surface area contributed by atoms with E-state index in [4.69, 9.17) is 4.74 Å². The largest absolute Gasteiger partial charge is 0.441 e. The zero-order valence-electron chi connectivity index (χ0n) is 14.1. The van der Waals surface area contributed by atoms with E-state index in [1.165, 1.54) is 42.5 Å². The van der Waals surface area contributed by atoms with E-state index < -0.39 is 35.4 Å². The summed E-state index contributed by atoms with van der Waals surface area (Å²) in [5, 5.41) is 7.58. The van der Waals surface area contributed by atoms with Gasteiger partial charge >= 0.3 is 12.1 Å². The molecule has 1 saturated heterocycles. The molecule has 1 aliphatic rings. The SMILES string of the molecule is CC1(C)OC(=O)NC1c1cc(NC(=O)Nc2cccc(F)c2)ccc1F. The lowest BCUT2D eigenvalue weighted by atomic mass is 9.92. The fourth-order valence-electron chi connectivity index (χ4n) is 2.77. The minimum Gasteiger partial charge on any atom is -0.441 e. The summed E-state index contributed by atoms with van der Waals surface area (Å²) in [5.74, 6) is -1.02. The van der Waals surface area contributed by atoms with Crippen molar-refractivity contribution in [3.8, 4) is 0 Å². The number of nitrogens with one attached hydrogen (secondary N) is 3. The monoisotopic (exact) mass is 361 g/mol. The summed E-state index contributed by atoms with van der Waals surface area (Å²) in [6, 6.07) is 8.10. The molecule has 0 bridgehead atoms. The minimum absolute atomic E-state index is 0.185. The Hall–Kier alpha value is -3.16. The van der Waals surface area contributed by atoms with Crippen LogP contribution in [0.1, 0.15) is 25.5 Å². The van der Waals surface area contributed by atoms with Crippen molar-refractivity contribution >= 4 is 23.5 Å². The second kappa shape index (κ2) is 6.62. The summed E-state index contributed by atoms with van der Waals surface area (Å²) < 4.78 is 32.5. The maximum Gasteiger partial charge on any atom is 0.408 e. The second-order valence-corrected chi connectivity index (χ2v) is 6.40. The van der Waals surface area contributed by atoms with E-state index in [-0.39, 0.29) is 11.3 Å². The highest BCUT2D eigenvalue weighted by molar-refractivity contribution is 5.99. The van der Waals surface area contributed by atoms with Gasteiger partial charge in [0.1, 0.15) is 17.2 Å². The molecule has 0 aromatic heterocycles. The summed E-state index contributed by atoms with van der Waals surface area (Å²) in [4.78, 5) is 23.5. The molecule has 1 atom stereocenters. The minimum atomic E-state index is -0.944. The van der Waals surface area contributed by atoms with Crippen molar-refractivity contribution in [3.05, 3.63) is 59.7 Å². The quantitative estimate of drug-likeness (QED) is 0.768. The molecule has 136 valence electrons. The topological polar surface area (TPSA) is 79.5 Å². The number of hydrogen-bond donors (Lipinski definition) is 3. The molecular formula is C18H17F2N3O3. The normalized spacial score (nSPS) is 18.0. The molecule has 1 unspecified atom stereocenters. The third-order valence-corrected chi connectivity index (χ3v) is 3.96. The number of benzene rings is 2. The standard InChI is InChI=1S/C18H17F2N3O3/c1-18(2)15(23-17(25)26-18)13-9-12(6-7-14(13)20)22-16(24)21-11-5-3-4-10(19)8-11/h3-9,15H,1-2H3,(H,23,25)(H2,21,22,24). The summed E-state index contributed by atoms with van der Waals surface area (Å²) >= 11 is 0. The maximum absolute atomic E-state index is 14.2. The Bertz CT molecular complexity index is 871. The van der Waals surface area contributed by atoms with E-state index in [1.54, 1.807) is 13.8 Å². The first-order valence-electron chi connectivity index (χ1n) is 7.87. The van der Waals surface area contributed by atoms with Gasteiger partial charge in [0, 0.05) is 16.9 Å². The molecule has 0 saturated carbocycles. The van der Waals surface area contributed by atoms with Crippen LogP contribution in [0.4, 0.5) is 29.7 Å². The van der Waals surface area contributed by atoms with E-state index in [0.29, 0.717) is 5.69 Å². The molecule has 6 nitrogen and oxygen atoms in total. The number of halogens is 2. The van der Waals surface area contributed by atoms with Gasteiger partial charge < -0.3 is 20.7 Å². The molecule has 8 heteroatoms. The number of amides is 3. The van der Waals surface area contributed by atoms with Gasteiger partial charge in [0.15, 0.2) is 0 Å². The van der Waals surface area contributed by atoms with Crippen LogP contribution in [0.15, 0.2) is 42.5 Å². The molecule has 0 radical (unpaired) electrons. The number of cyclic esters (lactones) is 1. The number of hydrogen-bond acceptors (Lipinski definition) is 3. The molecule has 0 aliphatic carbocycles. The van der Waals surface area contributed by atoms with Crippen molar-refractivity contribution in [2.45, 2.75) is 25.5 Å². The number of carbonyl (C=O) groups excluding carboxylic acids is 2. The number of carbonyl (C=O) groups is 2. The Kier molecular flexibility index (Phi) is 4.50. The average molecular weight is 361 g/mol. The zero-order valence-corrected chi connectivity index (χ0v) is 14.1. The second-order valence-electron chi connectivity index (χ2n) is 6.40. The molecule has 2 aromatic rings. The number of ether oxygens (including phenoxy) is 1. The van der Waals surface area contributed by atoms with Crippen LogP contribution in [-0.2, 0) is 4.74 Å². The van der Waals surface area contributed by atoms with Crippen LogP contribution < -0.4 is 16.0 Å². The lowest BCUT2D eigenvalue weighted by molar-refractivity contribution is 0.0677. The highest BCUT2D eigenvalue weighted by Crippen LogP contribution is 2.36. The van der Waals surface area contributed by atoms with Gasteiger partial charge in [-0.05, 0) is 50.2 Å². The van der Waals surface area contributed by atoms with E-state index in [2.05, 4.69) is 16.0 Å². The lowest BCUT2D eigenvalue weighted by Gasteiger charge is -2.24. The average Bonchev–Trinajstić information content (AvgIpc) is 2.81. The highest BCUT2D eigenvalue weighted by Gasteiger charge is 2.43. The smallest absolute Gasteiger partial charge is 0.408 e. The number of anilines is 2. The first-order chi connectivity index (χ1) is 12.2. The molecule has 1 fully saturated rings. The predicted octanol–water partition coefficient (Wildman–Crippen LogP) is 4.17. The van der Waals surface area contributed by atoms with Gasteiger partial charge in [0.2, 0.25) is 0 Å². The van der Waals surface area contributed by atoms with Crippen LogP contribution in [0, 0.1) is 11.6 Å². The summed E-state index contributed by atoms with van der Waals surface area (Å²) in [7, 11) is 0. The summed E-state index contributed by atoms with van der Waals surface area (Å²) in [6.45, 7) is 3.32. The van der Waals surface area contributed by atoms with Gasteiger partial charge in [-0.3, -0.25) is 0 Å². The van der Waals surface area contributed by atoms with Crippen molar-refractivity contribution in [2.75, 3.05) is 10.6 Å². The Labute approximate surface area is 148 Å². The third-order valence-electron chi connectivity index (χ3n) is 3.96. The van der Waals surface area contributed by atoms with E-state index in [0.717, 1.165) is 0 Å². The molecule has 3 rings (SSSR count). The summed E-state index contributed by atoms with van der Waals surface area (Å²) in [6.07, 6.45) is -0.637. The molecule has 1 heterocycles. The molecular weight excluding hydrogens is 344 g/mol. The lowest BCUT2D eigenvalue weighted by Crippen LogP contribution is -2.31. The van der Waals surface area contributed by atoms with Crippen LogP contribution in [0.2, 0.25) is 0 Å². The fourth-order valence-corrected chi connectivity index (χ4v) is 2.77. The van der Waals surface area contributed by atoms with Gasteiger partial charge in [-0.15, -0.1) is 0 Å². The number of urea groups is 1. The molecule has 2 aromatic carbocycles. The van der Waals surface area contributed by atoms with E-state index in [9.17, 15) is 18.4 Å². The molecule has 3 amide bonds. The Morgan fingerprint density at radius 1 is 1.12 bits per heavy atom. The number of alkyl carbamates (subject to hydrolysis) is 1.